The first kappa shape index (κ1) is 8.89. The second-order valence-electron chi connectivity index (χ2n) is 4.52. The summed E-state index contributed by atoms with van der Waals surface area (Å²) >= 11 is 2.16. The highest BCUT2D eigenvalue weighted by Gasteiger charge is 2.51. The van der Waals surface area contributed by atoms with E-state index in [1.165, 1.54) is 30.8 Å². The summed E-state index contributed by atoms with van der Waals surface area (Å²) in [5, 5.41) is 0. The van der Waals surface area contributed by atoms with Crippen LogP contribution in [0.15, 0.2) is 0 Å². The summed E-state index contributed by atoms with van der Waals surface area (Å²) in [6.45, 7) is 3.22. The van der Waals surface area contributed by atoms with Gasteiger partial charge in [-0.1, -0.05) is 6.92 Å². The molecule has 2 N–H and O–H groups in total. The van der Waals surface area contributed by atoms with Crippen LogP contribution in [0.25, 0.3) is 0 Å². The van der Waals surface area contributed by atoms with Crippen molar-refractivity contribution in [2.24, 2.45) is 23.0 Å². The molecule has 0 aromatic carbocycles. The fraction of sp³-hybridized carbons (Fsp3) is 1.00. The molecule has 2 fully saturated rings. The molecule has 1 aliphatic heterocycles. The summed E-state index contributed by atoms with van der Waals surface area (Å²) in [6.07, 6.45) is 4.38. The van der Waals surface area contributed by atoms with Crippen molar-refractivity contribution in [2.45, 2.75) is 26.2 Å². The Labute approximate surface area is 79.5 Å². The molecule has 1 aliphatic carbocycles. The molecule has 12 heavy (non-hydrogen) atoms. The maximum absolute atomic E-state index is 5.74. The lowest BCUT2D eigenvalue weighted by Gasteiger charge is -2.35. The van der Waals surface area contributed by atoms with Gasteiger partial charge in [0, 0.05) is 0 Å². The average molecular weight is 185 g/mol. The highest BCUT2D eigenvalue weighted by molar-refractivity contribution is 7.99. The van der Waals surface area contributed by atoms with Crippen LogP contribution in [0.3, 0.4) is 0 Å². The molecule has 1 saturated heterocycles. The van der Waals surface area contributed by atoms with E-state index in [2.05, 4.69) is 18.7 Å². The molecule has 2 rings (SSSR count). The molecule has 1 nitrogen and oxygen atoms in total. The van der Waals surface area contributed by atoms with E-state index in [1.807, 2.05) is 0 Å². The maximum atomic E-state index is 5.74. The van der Waals surface area contributed by atoms with Gasteiger partial charge in [0.15, 0.2) is 0 Å². The average Bonchev–Trinajstić information content (AvgIpc) is 2.85. The normalized spacial score (nSPS) is 35.0. The first-order chi connectivity index (χ1) is 5.78. The molecule has 0 aromatic rings. The highest BCUT2D eigenvalue weighted by atomic mass is 32.2. The standard InChI is InChI=1S/C10H19NS/c1-8(6-11)9-2-5-12-7-10(9)3-4-10/h8-9H,2-7,11H2,1H3. The van der Waals surface area contributed by atoms with Crippen molar-refractivity contribution in [1.82, 2.24) is 0 Å². The molecule has 2 heteroatoms. The number of hydrogen-bond donors (Lipinski definition) is 1. The Morgan fingerprint density at radius 2 is 2.33 bits per heavy atom. The van der Waals surface area contributed by atoms with Crippen LogP contribution in [0.2, 0.25) is 0 Å². The fourth-order valence-electron chi connectivity index (χ4n) is 2.63. The second-order valence-corrected chi connectivity index (χ2v) is 5.63. The predicted octanol–water partition coefficient (Wildman–Crippen LogP) is 2.11. The molecule has 2 unspecified atom stereocenters. The van der Waals surface area contributed by atoms with E-state index in [0.717, 1.165) is 23.8 Å². The zero-order chi connectivity index (χ0) is 8.60. The van der Waals surface area contributed by atoms with E-state index in [4.69, 9.17) is 5.73 Å². The van der Waals surface area contributed by atoms with Gasteiger partial charge in [0.1, 0.15) is 0 Å². The second kappa shape index (κ2) is 3.22. The van der Waals surface area contributed by atoms with Crippen molar-refractivity contribution in [3.63, 3.8) is 0 Å². The third-order valence-corrected chi connectivity index (χ3v) is 5.00. The van der Waals surface area contributed by atoms with Gasteiger partial charge in [0.25, 0.3) is 0 Å². The summed E-state index contributed by atoms with van der Waals surface area (Å²) in [7, 11) is 0. The van der Waals surface area contributed by atoms with Gasteiger partial charge in [-0.25, -0.2) is 0 Å². The highest BCUT2D eigenvalue weighted by Crippen LogP contribution is 2.59. The number of rotatable bonds is 2. The van der Waals surface area contributed by atoms with E-state index in [9.17, 15) is 0 Å². The Morgan fingerprint density at radius 3 is 2.92 bits per heavy atom. The van der Waals surface area contributed by atoms with Gasteiger partial charge < -0.3 is 5.73 Å². The van der Waals surface area contributed by atoms with Crippen LogP contribution in [-0.4, -0.2) is 18.1 Å². The molecular formula is C10H19NS. The smallest absolute Gasteiger partial charge is 0.000803 e. The number of thioether (sulfide) groups is 1. The Balaban J connectivity index is 2.01. The van der Waals surface area contributed by atoms with Crippen LogP contribution >= 0.6 is 11.8 Å². The van der Waals surface area contributed by atoms with E-state index >= 15 is 0 Å². The summed E-state index contributed by atoms with van der Waals surface area (Å²) in [6, 6.07) is 0. The first-order valence-corrected chi connectivity index (χ1v) is 6.22. The van der Waals surface area contributed by atoms with Gasteiger partial charge in [-0.2, -0.15) is 11.8 Å². The molecule has 0 aromatic heterocycles. The lowest BCUT2D eigenvalue weighted by atomic mass is 9.78. The molecule has 70 valence electrons. The van der Waals surface area contributed by atoms with Crippen molar-refractivity contribution >= 4 is 11.8 Å². The number of nitrogens with two attached hydrogens (primary N) is 1. The number of hydrogen-bond acceptors (Lipinski definition) is 2. The lowest BCUT2D eigenvalue weighted by Crippen LogP contribution is -2.33. The van der Waals surface area contributed by atoms with Gasteiger partial charge in [-0.05, 0) is 54.6 Å². The van der Waals surface area contributed by atoms with Gasteiger partial charge in [-0.3, -0.25) is 0 Å². The molecule has 1 spiro atoms. The van der Waals surface area contributed by atoms with Crippen molar-refractivity contribution in [2.75, 3.05) is 18.1 Å². The van der Waals surface area contributed by atoms with Crippen LogP contribution < -0.4 is 5.73 Å². The Morgan fingerprint density at radius 1 is 1.58 bits per heavy atom. The summed E-state index contributed by atoms with van der Waals surface area (Å²) in [5.41, 5.74) is 6.50. The Hall–Kier alpha value is 0.310. The van der Waals surface area contributed by atoms with Crippen LogP contribution in [0.5, 0.6) is 0 Å². The Kier molecular flexibility index (Phi) is 2.39. The minimum absolute atomic E-state index is 0.752. The topological polar surface area (TPSA) is 26.0 Å². The van der Waals surface area contributed by atoms with Crippen LogP contribution in [-0.2, 0) is 0 Å². The third-order valence-electron chi connectivity index (χ3n) is 3.70. The van der Waals surface area contributed by atoms with E-state index in [-0.39, 0.29) is 0 Å². The molecular weight excluding hydrogens is 166 g/mol. The minimum atomic E-state index is 0.752. The molecule has 0 radical (unpaired) electrons. The molecule has 2 atom stereocenters. The fourth-order valence-corrected chi connectivity index (χ4v) is 4.10. The van der Waals surface area contributed by atoms with Crippen molar-refractivity contribution in [3.8, 4) is 0 Å². The monoisotopic (exact) mass is 185 g/mol. The first-order valence-electron chi connectivity index (χ1n) is 5.06. The molecule has 2 aliphatic rings. The molecule has 0 bridgehead atoms. The largest absolute Gasteiger partial charge is 0.330 e. The quantitative estimate of drug-likeness (QED) is 0.713. The zero-order valence-corrected chi connectivity index (χ0v) is 8.70. The van der Waals surface area contributed by atoms with Crippen LogP contribution in [0.1, 0.15) is 26.2 Å². The van der Waals surface area contributed by atoms with Gasteiger partial charge in [0.2, 0.25) is 0 Å². The van der Waals surface area contributed by atoms with Crippen molar-refractivity contribution < 1.29 is 0 Å². The van der Waals surface area contributed by atoms with E-state index in [0.29, 0.717) is 0 Å². The molecule has 1 heterocycles. The molecule has 1 saturated carbocycles. The summed E-state index contributed by atoms with van der Waals surface area (Å²) < 4.78 is 0. The third kappa shape index (κ3) is 1.39. The minimum Gasteiger partial charge on any atom is -0.330 e. The van der Waals surface area contributed by atoms with E-state index < -0.39 is 0 Å². The van der Waals surface area contributed by atoms with E-state index in [1.54, 1.807) is 0 Å². The van der Waals surface area contributed by atoms with Crippen molar-refractivity contribution in [3.05, 3.63) is 0 Å². The van der Waals surface area contributed by atoms with Crippen molar-refractivity contribution in [1.29, 1.82) is 0 Å². The maximum Gasteiger partial charge on any atom is -0.000803 e. The van der Waals surface area contributed by atoms with Gasteiger partial charge in [0.05, 0.1) is 0 Å². The zero-order valence-electron chi connectivity index (χ0n) is 7.88. The SMILES string of the molecule is CC(CN)C1CCSCC12CC2. The van der Waals surface area contributed by atoms with Gasteiger partial charge >= 0.3 is 0 Å². The van der Waals surface area contributed by atoms with Crippen LogP contribution in [0, 0.1) is 17.3 Å². The summed E-state index contributed by atoms with van der Waals surface area (Å²) in [5.74, 6) is 4.50. The summed E-state index contributed by atoms with van der Waals surface area (Å²) in [4.78, 5) is 0. The predicted molar refractivity (Wildman–Crippen MR) is 55.3 cm³/mol. The molecule has 0 amide bonds. The lowest BCUT2D eigenvalue weighted by molar-refractivity contribution is 0.231. The van der Waals surface area contributed by atoms with Crippen LogP contribution in [0.4, 0.5) is 0 Å². The Bertz CT molecular complexity index is 165. The van der Waals surface area contributed by atoms with Gasteiger partial charge in [-0.15, -0.1) is 0 Å².